The van der Waals surface area contributed by atoms with E-state index in [4.69, 9.17) is 0 Å². The molecule has 2 aliphatic heterocycles. The van der Waals surface area contributed by atoms with Gasteiger partial charge in [0.15, 0.2) is 0 Å². The van der Waals surface area contributed by atoms with Gasteiger partial charge in [-0.3, -0.25) is 0 Å². The first kappa shape index (κ1) is 27.0. The minimum absolute atomic E-state index is 0.143. The van der Waals surface area contributed by atoms with Crippen molar-refractivity contribution in [3.05, 3.63) is 156 Å². The van der Waals surface area contributed by atoms with Crippen LogP contribution in [0.1, 0.15) is 16.7 Å². The minimum Gasteiger partial charge on any atom is -0.311 e. The van der Waals surface area contributed by atoms with Crippen LogP contribution >= 0.6 is 0 Å². The number of hydrogen-bond acceptors (Lipinski definition) is 1. The van der Waals surface area contributed by atoms with Crippen molar-refractivity contribution in [2.45, 2.75) is 20.8 Å². The Morgan fingerprint density at radius 3 is 1.94 bits per heavy atom. The Bertz CT molecular complexity index is 2850. The molecule has 0 unspecified atom stereocenters. The Balaban J connectivity index is 1.30. The topological polar surface area (TPSA) is 13.1 Å². The number of aryl methyl sites for hydroxylation is 3. The van der Waals surface area contributed by atoms with E-state index in [0.717, 1.165) is 0 Å². The van der Waals surface area contributed by atoms with E-state index in [1.165, 1.54) is 105 Å². The van der Waals surface area contributed by atoms with Crippen molar-refractivity contribution in [2.75, 3.05) is 4.90 Å². The Kier molecular flexibility index (Phi) is 5.26. The lowest BCUT2D eigenvalue weighted by Crippen LogP contribution is -2.60. The van der Waals surface area contributed by atoms with Gasteiger partial charge in [-0.2, -0.15) is 0 Å². The summed E-state index contributed by atoms with van der Waals surface area (Å²) in [5.74, 6) is 0. The third-order valence-electron chi connectivity index (χ3n) is 11.1. The third-order valence-corrected chi connectivity index (χ3v) is 11.1. The van der Waals surface area contributed by atoms with Gasteiger partial charge in [0.1, 0.15) is 0 Å². The van der Waals surface area contributed by atoms with Crippen LogP contribution < -0.4 is 21.3 Å². The SMILES string of the molecule is Cc1cc(C)c(-n2c3ccccc3c3cc4c5cccc6c5n(c4cc32)-c2cccc3c2B6c2ccccc2N3c2ccccc2)c(C)c1. The molecular formula is C45H32BN3. The highest BCUT2D eigenvalue weighted by molar-refractivity contribution is 7.00. The Labute approximate surface area is 285 Å². The lowest BCUT2D eigenvalue weighted by atomic mass is 9.34. The summed E-state index contributed by atoms with van der Waals surface area (Å²) in [6.07, 6.45) is 0. The Morgan fingerprint density at radius 1 is 0.449 bits per heavy atom. The van der Waals surface area contributed by atoms with E-state index in [0.29, 0.717) is 0 Å². The number of benzene rings is 7. The number of para-hydroxylation sites is 4. The van der Waals surface area contributed by atoms with Gasteiger partial charge < -0.3 is 14.0 Å². The van der Waals surface area contributed by atoms with Crippen molar-refractivity contribution in [2.24, 2.45) is 0 Å². The largest absolute Gasteiger partial charge is 0.311 e. The standard InChI is InChI=1S/C45H32BN3/c1-27-23-28(2)44(29(3)24-27)48-37-19-9-7-15-31(37)33-25-34-32-16-11-18-36-45(32)49(42(34)26-41(33)48)40-22-12-21-39-43(40)46(36)35-17-8-10-20-38(35)47(39)30-13-5-4-6-14-30/h4-26H,1-3H3. The van der Waals surface area contributed by atoms with Crippen LogP contribution in [0.15, 0.2) is 140 Å². The molecule has 4 heterocycles. The fourth-order valence-electron chi connectivity index (χ4n) is 9.43. The zero-order chi connectivity index (χ0) is 32.5. The quantitative estimate of drug-likeness (QED) is 0.175. The zero-order valence-corrected chi connectivity index (χ0v) is 27.7. The van der Waals surface area contributed by atoms with Gasteiger partial charge in [-0.05, 0) is 96.8 Å². The molecule has 0 aliphatic carbocycles. The van der Waals surface area contributed by atoms with Crippen LogP contribution in [0, 0.1) is 20.8 Å². The molecule has 0 saturated carbocycles. The molecule has 7 aromatic carbocycles. The first-order valence-corrected chi connectivity index (χ1v) is 17.2. The number of nitrogens with zero attached hydrogens (tertiary/aromatic N) is 3. The van der Waals surface area contributed by atoms with E-state index in [1.54, 1.807) is 0 Å². The van der Waals surface area contributed by atoms with Gasteiger partial charge >= 0.3 is 0 Å². The minimum atomic E-state index is 0.143. The first-order valence-electron chi connectivity index (χ1n) is 17.2. The molecule has 0 saturated heterocycles. The Hall–Kier alpha value is -6.00. The normalized spacial score (nSPS) is 13.1. The molecule has 11 rings (SSSR count). The molecule has 9 aromatic rings. The average molecular weight is 626 g/mol. The summed E-state index contributed by atoms with van der Waals surface area (Å²) in [6.45, 7) is 6.84. The summed E-state index contributed by atoms with van der Waals surface area (Å²) in [5.41, 5.74) is 19.3. The van der Waals surface area contributed by atoms with Crippen LogP contribution in [0.25, 0.3) is 55.0 Å². The molecular weight excluding hydrogens is 593 g/mol. The second kappa shape index (κ2) is 9.55. The van der Waals surface area contributed by atoms with Gasteiger partial charge in [-0.25, -0.2) is 0 Å². The molecule has 0 fully saturated rings. The van der Waals surface area contributed by atoms with Crippen LogP contribution in [0.4, 0.5) is 17.1 Å². The highest BCUT2D eigenvalue weighted by Gasteiger charge is 2.41. The van der Waals surface area contributed by atoms with E-state index in [9.17, 15) is 0 Å². The lowest BCUT2D eigenvalue weighted by molar-refractivity contribution is 1.11. The molecule has 0 spiro atoms. The fraction of sp³-hybridized carbons (Fsp3) is 0.0667. The van der Waals surface area contributed by atoms with Crippen LogP contribution in [0.3, 0.4) is 0 Å². The van der Waals surface area contributed by atoms with E-state index in [2.05, 4.69) is 174 Å². The van der Waals surface area contributed by atoms with Crippen molar-refractivity contribution in [3.63, 3.8) is 0 Å². The summed E-state index contributed by atoms with van der Waals surface area (Å²) in [7, 11) is 0. The molecule has 0 atom stereocenters. The highest BCUT2D eigenvalue weighted by Crippen LogP contribution is 2.43. The van der Waals surface area contributed by atoms with Gasteiger partial charge in [-0.1, -0.05) is 96.6 Å². The second-order valence-electron chi connectivity index (χ2n) is 13.9. The molecule has 0 bridgehead atoms. The smallest absolute Gasteiger partial charge is 0.252 e. The Morgan fingerprint density at radius 2 is 1.08 bits per heavy atom. The van der Waals surface area contributed by atoms with Gasteiger partial charge in [-0.15, -0.1) is 0 Å². The van der Waals surface area contributed by atoms with Gasteiger partial charge in [0.2, 0.25) is 0 Å². The molecule has 2 aliphatic rings. The summed E-state index contributed by atoms with van der Waals surface area (Å²) in [4.78, 5) is 2.46. The van der Waals surface area contributed by atoms with Crippen molar-refractivity contribution in [3.8, 4) is 11.4 Å². The molecule has 0 radical (unpaired) electrons. The summed E-state index contributed by atoms with van der Waals surface area (Å²) >= 11 is 0. The van der Waals surface area contributed by atoms with E-state index < -0.39 is 0 Å². The monoisotopic (exact) mass is 625 g/mol. The van der Waals surface area contributed by atoms with Gasteiger partial charge in [0.05, 0.1) is 22.2 Å². The molecule has 2 aromatic heterocycles. The van der Waals surface area contributed by atoms with Crippen molar-refractivity contribution >= 4 is 83.8 Å². The summed E-state index contributed by atoms with van der Waals surface area (Å²) < 4.78 is 5.09. The fourth-order valence-corrected chi connectivity index (χ4v) is 9.43. The predicted octanol–water partition coefficient (Wildman–Crippen LogP) is 9.42. The second-order valence-corrected chi connectivity index (χ2v) is 13.9. The van der Waals surface area contributed by atoms with Gasteiger partial charge in [0.25, 0.3) is 6.71 Å². The molecule has 49 heavy (non-hydrogen) atoms. The van der Waals surface area contributed by atoms with Crippen LogP contribution in [0.5, 0.6) is 0 Å². The number of anilines is 3. The lowest BCUT2D eigenvalue weighted by Gasteiger charge is -2.40. The number of aromatic nitrogens is 2. The van der Waals surface area contributed by atoms with E-state index >= 15 is 0 Å². The maximum absolute atomic E-state index is 2.57. The maximum atomic E-state index is 2.57. The molecule has 230 valence electrons. The predicted molar refractivity (Wildman–Crippen MR) is 209 cm³/mol. The molecule has 0 amide bonds. The summed E-state index contributed by atoms with van der Waals surface area (Å²) in [6, 6.07) is 52.2. The molecule has 3 nitrogen and oxygen atoms in total. The number of rotatable bonds is 2. The molecule has 0 N–H and O–H groups in total. The summed E-state index contributed by atoms with van der Waals surface area (Å²) in [5, 5.41) is 5.19. The van der Waals surface area contributed by atoms with Crippen LogP contribution in [-0.4, -0.2) is 15.8 Å². The van der Waals surface area contributed by atoms with E-state index in [1.807, 2.05) is 0 Å². The van der Waals surface area contributed by atoms with Crippen molar-refractivity contribution in [1.82, 2.24) is 9.13 Å². The third kappa shape index (κ3) is 3.43. The maximum Gasteiger partial charge on any atom is 0.252 e. The van der Waals surface area contributed by atoms with Crippen molar-refractivity contribution < 1.29 is 0 Å². The number of fused-ring (bicyclic) bond motifs is 10. The first-order chi connectivity index (χ1) is 24.1. The molecule has 4 heteroatoms. The average Bonchev–Trinajstić information content (AvgIpc) is 3.62. The van der Waals surface area contributed by atoms with E-state index in [-0.39, 0.29) is 6.71 Å². The van der Waals surface area contributed by atoms with Crippen LogP contribution in [0.2, 0.25) is 0 Å². The number of hydrogen-bond donors (Lipinski definition) is 0. The van der Waals surface area contributed by atoms with Crippen molar-refractivity contribution in [1.29, 1.82) is 0 Å². The highest BCUT2D eigenvalue weighted by atomic mass is 15.2. The zero-order valence-electron chi connectivity index (χ0n) is 27.7. The van der Waals surface area contributed by atoms with Crippen LogP contribution in [-0.2, 0) is 0 Å². The van der Waals surface area contributed by atoms with Gasteiger partial charge in [0, 0.05) is 49.8 Å².